The Hall–Kier alpha value is -1.62. The number of H-pyrrole nitrogens is 1. The molecule has 1 fully saturated rings. The Labute approximate surface area is 116 Å². The van der Waals surface area contributed by atoms with Crippen LogP contribution in [0.1, 0.15) is 23.3 Å². The third-order valence-electron chi connectivity index (χ3n) is 3.45. The van der Waals surface area contributed by atoms with E-state index < -0.39 is 0 Å². The van der Waals surface area contributed by atoms with E-state index in [2.05, 4.69) is 10.3 Å². The van der Waals surface area contributed by atoms with Crippen LogP contribution in [0.25, 0.3) is 10.9 Å². The zero-order valence-corrected chi connectivity index (χ0v) is 11.4. The van der Waals surface area contributed by atoms with Gasteiger partial charge in [0, 0.05) is 22.6 Å². The number of nitrogens with two attached hydrogens (primary N) is 1. The van der Waals surface area contributed by atoms with Crippen molar-refractivity contribution in [1.82, 2.24) is 10.3 Å². The van der Waals surface area contributed by atoms with Gasteiger partial charge in [-0.15, -0.1) is 0 Å². The monoisotopic (exact) mass is 275 g/mol. The topological polar surface area (TPSA) is 70.9 Å². The number of nitrogens with one attached hydrogen (secondary N) is 2. The van der Waals surface area contributed by atoms with Gasteiger partial charge in [-0.25, -0.2) is 0 Å². The molecule has 0 radical (unpaired) electrons. The van der Waals surface area contributed by atoms with E-state index in [1.807, 2.05) is 36.0 Å². The van der Waals surface area contributed by atoms with Gasteiger partial charge in [0.05, 0.1) is 0 Å². The Morgan fingerprint density at radius 3 is 2.89 bits per heavy atom. The standard InChI is InChI=1S/C14H17N3OS/c15-10-1-2-12-9(7-10)8-13(17-12)14(18)16-11-3-5-19-6-4-11/h1-2,7-8,11,17H,3-6,15H2,(H,16,18). The average molecular weight is 275 g/mol. The summed E-state index contributed by atoms with van der Waals surface area (Å²) in [5.41, 5.74) is 8.01. The van der Waals surface area contributed by atoms with Crippen molar-refractivity contribution >= 4 is 34.3 Å². The Bertz CT molecular complexity index is 602. The van der Waals surface area contributed by atoms with Crippen molar-refractivity contribution in [2.75, 3.05) is 17.2 Å². The normalized spacial score (nSPS) is 16.6. The van der Waals surface area contributed by atoms with Crippen molar-refractivity contribution in [2.24, 2.45) is 0 Å². The number of fused-ring (bicyclic) bond motifs is 1. The average Bonchev–Trinajstić information content (AvgIpc) is 2.83. The van der Waals surface area contributed by atoms with Gasteiger partial charge in [0.2, 0.25) is 0 Å². The summed E-state index contributed by atoms with van der Waals surface area (Å²) in [7, 11) is 0. The van der Waals surface area contributed by atoms with Gasteiger partial charge in [0.15, 0.2) is 0 Å². The molecule has 1 aromatic heterocycles. The van der Waals surface area contributed by atoms with E-state index in [9.17, 15) is 4.79 Å². The van der Waals surface area contributed by atoms with Crippen LogP contribution in [0.2, 0.25) is 0 Å². The molecule has 0 atom stereocenters. The van der Waals surface area contributed by atoms with E-state index >= 15 is 0 Å². The maximum atomic E-state index is 12.2. The molecule has 0 spiro atoms. The summed E-state index contributed by atoms with van der Waals surface area (Å²) in [5.74, 6) is 2.24. The summed E-state index contributed by atoms with van der Waals surface area (Å²) in [6.45, 7) is 0. The molecule has 1 aromatic carbocycles. The molecule has 4 nitrogen and oxygen atoms in total. The van der Waals surface area contributed by atoms with Crippen LogP contribution in [0.5, 0.6) is 0 Å². The second kappa shape index (κ2) is 5.17. The summed E-state index contributed by atoms with van der Waals surface area (Å²) in [4.78, 5) is 15.3. The van der Waals surface area contributed by atoms with Crippen molar-refractivity contribution in [3.8, 4) is 0 Å². The third-order valence-corrected chi connectivity index (χ3v) is 4.49. The first kappa shape index (κ1) is 12.4. The van der Waals surface area contributed by atoms with Gasteiger partial charge < -0.3 is 16.0 Å². The molecule has 100 valence electrons. The number of benzene rings is 1. The van der Waals surface area contributed by atoms with E-state index in [1.54, 1.807) is 0 Å². The molecule has 1 aliphatic rings. The van der Waals surface area contributed by atoms with Crippen LogP contribution in [-0.2, 0) is 0 Å². The first-order valence-corrected chi connectivity index (χ1v) is 7.65. The number of aromatic amines is 1. The maximum Gasteiger partial charge on any atom is 0.267 e. The lowest BCUT2D eigenvalue weighted by atomic mass is 10.1. The summed E-state index contributed by atoms with van der Waals surface area (Å²) >= 11 is 1.95. The highest BCUT2D eigenvalue weighted by atomic mass is 32.2. The van der Waals surface area contributed by atoms with Crippen LogP contribution in [-0.4, -0.2) is 28.4 Å². The zero-order chi connectivity index (χ0) is 13.2. The lowest BCUT2D eigenvalue weighted by Gasteiger charge is -2.22. The fraction of sp³-hybridized carbons (Fsp3) is 0.357. The number of carbonyl (C=O) groups excluding carboxylic acids is 1. The minimum Gasteiger partial charge on any atom is -0.399 e. The van der Waals surface area contributed by atoms with Crippen molar-refractivity contribution in [3.05, 3.63) is 30.0 Å². The van der Waals surface area contributed by atoms with E-state index in [0.29, 0.717) is 17.4 Å². The summed E-state index contributed by atoms with van der Waals surface area (Å²) in [5, 5.41) is 4.07. The highest BCUT2D eigenvalue weighted by molar-refractivity contribution is 7.99. The largest absolute Gasteiger partial charge is 0.399 e. The molecule has 0 aliphatic carbocycles. The Morgan fingerprint density at radius 1 is 1.32 bits per heavy atom. The summed E-state index contributed by atoms with van der Waals surface area (Å²) in [6.07, 6.45) is 2.12. The first-order valence-electron chi connectivity index (χ1n) is 6.49. The van der Waals surface area contributed by atoms with E-state index in [1.165, 1.54) is 0 Å². The quantitative estimate of drug-likeness (QED) is 0.737. The fourth-order valence-corrected chi connectivity index (χ4v) is 3.49. The van der Waals surface area contributed by atoms with Crippen LogP contribution < -0.4 is 11.1 Å². The highest BCUT2D eigenvalue weighted by Crippen LogP contribution is 2.20. The van der Waals surface area contributed by atoms with Gasteiger partial charge >= 0.3 is 0 Å². The molecule has 19 heavy (non-hydrogen) atoms. The van der Waals surface area contributed by atoms with Crippen LogP contribution in [0, 0.1) is 0 Å². The number of aromatic nitrogens is 1. The number of thioether (sulfide) groups is 1. The van der Waals surface area contributed by atoms with Crippen LogP contribution in [0.3, 0.4) is 0 Å². The van der Waals surface area contributed by atoms with E-state index in [4.69, 9.17) is 5.73 Å². The smallest absolute Gasteiger partial charge is 0.267 e. The third kappa shape index (κ3) is 2.71. The zero-order valence-electron chi connectivity index (χ0n) is 10.6. The van der Waals surface area contributed by atoms with Gasteiger partial charge in [-0.2, -0.15) is 11.8 Å². The molecule has 2 aromatic rings. The highest BCUT2D eigenvalue weighted by Gasteiger charge is 2.17. The maximum absolute atomic E-state index is 12.2. The molecule has 3 rings (SSSR count). The summed E-state index contributed by atoms with van der Waals surface area (Å²) < 4.78 is 0. The minimum absolute atomic E-state index is 0.0216. The van der Waals surface area contributed by atoms with Gasteiger partial charge in [0.25, 0.3) is 5.91 Å². The van der Waals surface area contributed by atoms with Gasteiger partial charge in [-0.1, -0.05) is 0 Å². The first-order chi connectivity index (χ1) is 9.22. The van der Waals surface area contributed by atoms with Crippen LogP contribution >= 0.6 is 11.8 Å². The number of hydrogen-bond acceptors (Lipinski definition) is 3. The minimum atomic E-state index is -0.0216. The Balaban J connectivity index is 1.77. The van der Waals surface area contributed by atoms with E-state index in [0.717, 1.165) is 35.3 Å². The van der Waals surface area contributed by atoms with E-state index in [-0.39, 0.29) is 5.91 Å². The molecule has 1 saturated heterocycles. The molecular formula is C14H17N3OS. The van der Waals surface area contributed by atoms with Crippen molar-refractivity contribution < 1.29 is 4.79 Å². The number of nitrogen functional groups attached to an aromatic ring is 1. The number of anilines is 1. The summed E-state index contributed by atoms with van der Waals surface area (Å²) in [6, 6.07) is 7.78. The number of hydrogen-bond donors (Lipinski definition) is 3. The van der Waals surface area contributed by atoms with Crippen molar-refractivity contribution in [1.29, 1.82) is 0 Å². The van der Waals surface area contributed by atoms with Crippen LogP contribution in [0.4, 0.5) is 5.69 Å². The molecule has 1 aliphatic heterocycles. The SMILES string of the molecule is Nc1ccc2[nH]c(C(=O)NC3CCSCC3)cc2c1. The molecule has 2 heterocycles. The lowest BCUT2D eigenvalue weighted by Crippen LogP contribution is -2.37. The second-order valence-corrected chi connectivity index (χ2v) is 6.11. The Kier molecular flexibility index (Phi) is 3.38. The Morgan fingerprint density at radius 2 is 2.11 bits per heavy atom. The second-order valence-electron chi connectivity index (χ2n) is 4.89. The molecule has 4 N–H and O–H groups in total. The molecule has 5 heteroatoms. The number of carbonyl (C=O) groups is 1. The van der Waals surface area contributed by atoms with Gasteiger partial charge in [-0.05, 0) is 48.6 Å². The lowest BCUT2D eigenvalue weighted by molar-refractivity contribution is 0.0930. The van der Waals surface area contributed by atoms with Gasteiger partial charge in [-0.3, -0.25) is 4.79 Å². The van der Waals surface area contributed by atoms with Crippen molar-refractivity contribution in [2.45, 2.75) is 18.9 Å². The predicted molar refractivity (Wildman–Crippen MR) is 80.5 cm³/mol. The van der Waals surface area contributed by atoms with Crippen LogP contribution in [0.15, 0.2) is 24.3 Å². The molecule has 0 saturated carbocycles. The molecular weight excluding hydrogens is 258 g/mol. The molecule has 1 amide bonds. The van der Waals surface area contributed by atoms with Crippen molar-refractivity contribution in [3.63, 3.8) is 0 Å². The predicted octanol–water partition coefficient (Wildman–Crippen LogP) is 2.38. The fourth-order valence-electron chi connectivity index (χ4n) is 2.38. The number of amides is 1. The molecule has 0 unspecified atom stereocenters. The van der Waals surface area contributed by atoms with Gasteiger partial charge in [0.1, 0.15) is 5.69 Å². The number of rotatable bonds is 2. The molecule has 0 bridgehead atoms.